The Morgan fingerprint density at radius 3 is 2.93 bits per heavy atom. The molecule has 0 aliphatic carbocycles. The average Bonchev–Trinajstić information content (AvgIpc) is 2.76. The molecule has 0 unspecified atom stereocenters. The second-order valence-electron chi connectivity index (χ2n) is 3.30. The maximum Gasteiger partial charge on any atom is 0.274 e. The minimum Gasteiger partial charge on any atom is -0.396 e. The first-order valence-electron chi connectivity index (χ1n) is 4.89. The van der Waals surface area contributed by atoms with Gasteiger partial charge in [0, 0.05) is 20.2 Å². The fourth-order valence-corrected chi connectivity index (χ4v) is 1.60. The normalized spacial score (nSPS) is 10.3. The Morgan fingerprint density at radius 2 is 2.33 bits per heavy atom. The number of aliphatic hydroxyl groups excluding tert-OH is 1. The summed E-state index contributed by atoms with van der Waals surface area (Å²) in [4.78, 5) is 13.3. The highest BCUT2D eigenvalue weighted by Gasteiger charge is 2.13. The van der Waals surface area contributed by atoms with Crippen molar-refractivity contribution in [1.82, 2.24) is 13.6 Å². The third-order valence-electron chi connectivity index (χ3n) is 2.08. The van der Waals surface area contributed by atoms with E-state index < -0.39 is 0 Å². The molecule has 0 bridgehead atoms. The zero-order valence-electron chi connectivity index (χ0n) is 8.72. The lowest BCUT2D eigenvalue weighted by molar-refractivity contribution is 0.0787. The highest BCUT2D eigenvalue weighted by molar-refractivity contribution is 6.99. The lowest BCUT2D eigenvalue weighted by atomic mass is 10.2. The Hall–Kier alpha value is -1.01. The Balaban J connectivity index is 2.28. The number of aliphatic hydroxyl groups is 1. The number of aromatic nitrogens is 2. The summed E-state index contributed by atoms with van der Waals surface area (Å²) in [5.41, 5.74) is 0.407. The maximum atomic E-state index is 11.7. The van der Waals surface area contributed by atoms with Gasteiger partial charge in [-0.1, -0.05) is 0 Å². The minimum absolute atomic E-state index is 0.0900. The van der Waals surface area contributed by atoms with E-state index in [1.54, 1.807) is 11.9 Å². The molecule has 0 aliphatic heterocycles. The zero-order chi connectivity index (χ0) is 11.1. The molecule has 0 fully saturated rings. The SMILES string of the molecule is CN(CCCCCO)C(=O)c1cnsn1. The van der Waals surface area contributed by atoms with Crippen LogP contribution in [0.1, 0.15) is 29.8 Å². The molecule has 1 N–H and O–H groups in total. The molecule has 15 heavy (non-hydrogen) atoms. The molecule has 1 amide bonds. The van der Waals surface area contributed by atoms with Gasteiger partial charge in [-0.05, 0) is 19.3 Å². The van der Waals surface area contributed by atoms with E-state index in [9.17, 15) is 4.79 Å². The van der Waals surface area contributed by atoms with E-state index >= 15 is 0 Å². The van der Waals surface area contributed by atoms with Gasteiger partial charge in [-0.2, -0.15) is 8.75 Å². The van der Waals surface area contributed by atoms with Gasteiger partial charge in [0.25, 0.3) is 5.91 Å². The van der Waals surface area contributed by atoms with Crippen LogP contribution in [-0.2, 0) is 0 Å². The standard InChI is InChI=1S/C9H15N3O2S/c1-12(5-3-2-4-6-13)9(14)8-7-10-15-11-8/h7,13H,2-6H2,1H3. The van der Waals surface area contributed by atoms with E-state index in [0.29, 0.717) is 12.2 Å². The lowest BCUT2D eigenvalue weighted by Crippen LogP contribution is -2.27. The van der Waals surface area contributed by atoms with E-state index in [1.807, 2.05) is 0 Å². The molecule has 1 heterocycles. The van der Waals surface area contributed by atoms with E-state index in [0.717, 1.165) is 31.0 Å². The van der Waals surface area contributed by atoms with Crippen molar-refractivity contribution in [3.8, 4) is 0 Å². The number of hydrogen-bond acceptors (Lipinski definition) is 5. The third kappa shape index (κ3) is 3.93. The molecular weight excluding hydrogens is 214 g/mol. The van der Waals surface area contributed by atoms with Crippen molar-refractivity contribution < 1.29 is 9.90 Å². The Kier molecular flexibility index (Phi) is 5.20. The summed E-state index contributed by atoms with van der Waals surface area (Å²) in [6.45, 7) is 0.907. The molecular formula is C9H15N3O2S. The van der Waals surface area contributed by atoms with Crippen LogP contribution in [0.5, 0.6) is 0 Å². The van der Waals surface area contributed by atoms with Crippen LogP contribution in [0.25, 0.3) is 0 Å². The number of nitrogens with zero attached hydrogens (tertiary/aromatic N) is 3. The smallest absolute Gasteiger partial charge is 0.274 e. The van der Waals surface area contributed by atoms with Crippen LogP contribution in [0.4, 0.5) is 0 Å². The van der Waals surface area contributed by atoms with Crippen molar-refractivity contribution in [3.63, 3.8) is 0 Å². The van der Waals surface area contributed by atoms with Crippen LogP contribution in [0.3, 0.4) is 0 Å². The molecule has 1 aromatic rings. The number of amides is 1. The fourth-order valence-electron chi connectivity index (χ4n) is 1.19. The second kappa shape index (κ2) is 6.47. The Bertz CT molecular complexity index is 290. The van der Waals surface area contributed by atoms with Crippen LogP contribution < -0.4 is 0 Å². The fraction of sp³-hybridized carbons (Fsp3) is 0.667. The monoisotopic (exact) mass is 229 g/mol. The van der Waals surface area contributed by atoms with Crippen molar-refractivity contribution in [2.45, 2.75) is 19.3 Å². The third-order valence-corrected chi connectivity index (χ3v) is 2.56. The molecule has 0 radical (unpaired) electrons. The number of rotatable bonds is 6. The van der Waals surface area contributed by atoms with Gasteiger partial charge < -0.3 is 10.0 Å². The zero-order valence-corrected chi connectivity index (χ0v) is 9.53. The Labute approximate surface area is 93.1 Å². The summed E-state index contributed by atoms with van der Waals surface area (Å²) in [7, 11) is 1.75. The highest BCUT2D eigenvalue weighted by Crippen LogP contribution is 2.03. The number of unbranched alkanes of at least 4 members (excludes halogenated alkanes) is 2. The largest absolute Gasteiger partial charge is 0.396 e. The van der Waals surface area contributed by atoms with Crippen LogP contribution >= 0.6 is 11.7 Å². The molecule has 0 spiro atoms. The first-order valence-corrected chi connectivity index (χ1v) is 5.62. The predicted octanol–water partition coefficient (Wildman–Crippen LogP) is 0.773. The molecule has 84 valence electrons. The van der Waals surface area contributed by atoms with Gasteiger partial charge in [-0.15, -0.1) is 0 Å². The van der Waals surface area contributed by atoms with Gasteiger partial charge >= 0.3 is 0 Å². The Morgan fingerprint density at radius 1 is 1.53 bits per heavy atom. The first-order chi connectivity index (χ1) is 7.25. The lowest BCUT2D eigenvalue weighted by Gasteiger charge is -2.14. The molecule has 1 rings (SSSR count). The van der Waals surface area contributed by atoms with E-state index in [-0.39, 0.29) is 12.5 Å². The molecule has 0 saturated carbocycles. The van der Waals surface area contributed by atoms with Crippen molar-refractivity contribution in [2.24, 2.45) is 0 Å². The first kappa shape index (κ1) is 12.1. The number of carbonyl (C=O) groups excluding carboxylic acids is 1. The van der Waals surface area contributed by atoms with E-state index in [1.165, 1.54) is 6.20 Å². The molecule has 0 saturated heterocycles. The summed E-state index contributed by atoms with van der Waals surface area (Å²) in [5, 5.41) is 8.59. The van der Waals surface area contributed by atoms with Gasteiger partial charge in [0.15, 0.2) is 5.69 Å². The quantitative estimate of drug-likeness (QED) is 0.732. The van der Waals surface area contributed by atoms with Crippen molar-refractivity contribution in [2.75, 3.05) is 20.2 Å². The molecule has 1 aromatic heterocycles. The second-order valence-corrected chi connectivity index (χ2v) is 3.86. The molecule has 0 aromatic carbocycles. The van der Waals surface area contributed by atoms with Gasteiger partial charge in [0.05, 0.1) is 17.9 Å². The van der Waals surface area contributed by atoms with Crippen LogP contribution in [0.2, 0.25) is 0 Å². The predicted molar refractivity (Wildman–Crippen MR) is 57.8 cm³/mol. The van der Waals surface area contributed by atoms with Crippen LogP contribution in [-0.4, -0.2) is 44.9 Å². The van der Waals surface area contributed by atoms with Gasteiger partial charge in [-0.3, -0.25) is 4.79 Å². The van der Waals surface area contributed by atoms with Crippen molar-refractivity contribution in [1.29, 1.82) is 0 Å². The topological polar surface area (TPSA) is 66.3 Å². The molecule has 5 nitrogen and oxygen atoms in total. The van der Waals surface area contributed by atoms with Crippen molar-refractivity contribution >= 4 is 17.6 Å². The van der Waals surface area contributed by atoms with Gasteiger partial charge in [-0.25, -0.2) is 0 Å². The summed E-state index contributed by atoms with van der Waals surface area (Å²) in [5.74, 6) is -0.0900. The highest BCUT2D eigenvalue weighted by atomic mass is 32.1. The van der Waals surface area contributed by atoms with Crippen molar-refractivity contribution in [3.05, 3.63) is 11.9 Å². The van der Waals surface area contributed by atoms with E-state index in [4.69, 9.17) is 5.11 Å². The van der Waals surface area contributed by atoms with Gasteiger partial charge in [0.1, 0.15) is 0 Å². The summed E-state index contributed by atoms with van der Waals surface area (Å²) < 4.78 is 7.67. The summed E-state index contributed by atoms with van der Waals surface area (Å²) in [6, 6.07) is 0. The molecule has 6 heteroatoms. The summed E-state index contributed by atoms with van der Waals surface area (Å²) >= 11 is 1.04. The average molecular weight is 229 g/mol. The number of hydrogen-bond donors (Lipinski definition) is 1. The number of carbonyl (C=O) groups is 1. The van der Waals surface area contributed by atoms with Gasteiger partial charge in [0.2, 0.25) is 0 Å². The van der Waals surface area contributed by atoms with Crippen LogP contribution in [0.15, 0.2) is 6.20 Å². The van der Waals surface area contributed by atoms with Crippen LogP contribution in [0, 0.1) is 0 Å². The van der Waals surface area contributed by atoms with E-state index in [2.05, 4.69) is 8.75 Å². The molecule has 0 aliphatic rings. The minimum atomic E-state index is -0.0900. The summed E-state index contributed by atoms with van der Waals surface area (Å²) in [6.07, 6.45) is 4.11. The maximum absolute atomic E-state index is 11.7. The molecule has 0 atom stereocenters.